The monoisotopic (exact) mass is 278 g/mol. The van der Waals surface area contributed by atoms with E-state index in [0.717, 1.165) is 24.8 Å². The molecule has 1 N–H and O–H groups in total. The minimum atomic E-state index is 0.151. The van der Waals surface area contributed by atoms with Gasteiger partial charge in [-0.2, -0.15) is 0 Å². The zero-order chi connectivity index (χ0) is 14.6. The van der Waals surface area contributed by atoms with E-state index in [1.54, 1.807) is 0 Å². The fourth-order valence-corrected chi connectivity index (χ4v) is 2.67. The van der Waals surface area contributed by atoms with Crippen LogP contribution in [0.25, 0.3) is 0 Å². The van der Waals surface area contributed by atoms with Crippen molar-refractivity contribution in [3.05, 3.63) is 23.7 Å². The predicted molar refractivity (Wildman–Crippen MR) is 83.6 cm³/mol. The minimum Gasteiger partial charge on any atom is -0.468 e. The van der Waals surface area contributed by atoms with Crippen LogP contribution in [0.15, 0.2) is 16.7 Å². The molecule has 114 valence electrons. The highest BCUT2D eigenvalue weighted by Crippen LogP contribution is 2.19. The molecule has 3 nitrogen and oxygen atoms in total. The minimum absolute atomic E-state index is 0.151. The number of hydrogen-bond acceptors (Lipinski definition) is 3. The largest absolute Gasteiger partial charge is 0.468 e. The zero-order valence-electron chi connectivity index (χ0n) is 13.5. The number of hydrogen-bond donors (Lipinski definition) is 1. The molecular weight excluding hydrogens is 248 g/mol. The molecule has 1 atom stereocenters. The predicted octanol–water partition coefficient (Wildman–Crippen LogP) is 3.79. The number of nitrogens with zero attached hydrogens (tertiary/aromatic N) is 1. The standard InChI is InChI=1S/C17H30N2O/c1-14-6-5-8-19(9-7-14)12-16-10-15(13-20-16)11-18-17(2,3)4/h10,13-14,18H,5-9,11-12H2,1-4H3. The molecule has 1 aliphatic rings. The van der Waals surface area contributed by atoms with Crippen LogP contribution in [0.3, 0.4) is 0 Å². The second kappa shape index (κ2) is 6.77. The van der Waals surface area contributed by atoms with Crippen LogP contribution in [0.4, 0.5) is 0 Å². The Kier molecular flexibility index (Phi) is 5.28. The van der Waals surface area contributed by atoms with Gasteiger partial charge in [0.2, 0.25) is 0 Å². The number of nitrogens with one attached hydrogen (secondary N) is 1. The maximum absolute atomic E-state index is 5.72. The molecule has 3 heteroatoms. The highest BCUT2D eigenvalue weighted by molar-refractivity contribution is 5.13. The van der Waals surface area contributed by atoms with E-state index in [0.29, 0.717) is 0 Å². The van der Waals surface area contributed by atoms with Gasteiger partial charge < -0.3 is 9.73 Å². The van der Waals surface area contributed by atoms with Crippen molar-refractivity contribution in [2.45, 2.75) is 65.6 Å². The van der Waals surface area contributed by atoms with Crippen LogP contribution in [0.5, 0.6) is 0 Å². The van der Waals surface area contributed by atoms with Gasteiger partial charge in [-0.1, -0.05) is 6.92 Å². The third-order valence-electron chi connectivity index (χ3n) is 4.02. The molecule has 1 aromatic rings. The van der Waals surface area contributed by atoms with E-state index in [1.165, 1.54) is 37.9 Å². The van der Waals surface area contributed by atoms with E-state index in [4.69, 9.17) is 4.42 Å². The van der Waals surface area contributed by atoms with E-state index in [-0.39, 0.29) is 5.54 Å². The molecule has 1 aromatic heterocycles. The summed E-state index contributed by atoms with van der Waals surface area (Å²) in [6.45, 7) is 13.2. The number of furan rings is 1. The molecule has 0 saturated carbocycles. The first-order chi connectivity index (χ1) is 9.42. The Bertz CT molecular complexity index is 405. The first kappa shape index (κ1) is 15.6. The molecule has 0 amide bonds. The highest BCUT2D eigenvalue weighted by Gasteiger charge is 2.15. The van der Waals surface area contributed by atoms with Crippen molar-refractivity contribution in [2.75, 3.05) is 13.1 Å². The Labute approximate surface area is 123 Å². The van der Waals surface area contributed by atoms with Crippen molar-refractivity contribution in [2.24, 2.45) is 5.92 Å². The Morgan fingerprint density at radius 1 is 1.30 bits per heavy atom. The summed E-state index contributed by atoms with van der Waals surface area (Å²) in [7, 11) is 0. The van der Waals surface area contributed by atoms with Gasteiger partial charge >= 0.3 is 0 Å². The van der Waals surface area contributed by atoms with Crippen LogP contribution in [-0.4, -0.2) is 23.5 Å². The van der Waals surface area contributed by atoms with Crippen LogP contribution in [-0.2, 0) is 13.1 Å². The smallest absolute Gasteiger partial charge is 0.118 e. The fraction of sp³-hybridized carbons (Fsp3) is 0.765. The molecule has 1 fully saturated rings. The summed E-state index contributed by atoms with van der Waals surface area (Å²) >= 11 is 0. The Hall–Kier alpha value is -0.800. The van der Waals surface area contributed by atoms with Crippen molar-refractivity contribution in [3.8, 4) is 0 Å². The average Bonchev–Trinajstić information content (AvgIpc) is 2.70. The second-order valence-corrected chi connectivity index (χ2v) is 7.34. The lowest BCUT2D eigenvalue weighted by Gasteiger charge is -2.19. The van der Waals surface area contributed by atoms with Crippen molar-refractivity contribution in [1.82, 2.24) is 10.2 Å². The van der Waals surface area contributed by atoms with Crippen molar-refractivity contribution in [3.63, 3.8) is 0 Å². The van der Waals surface area contributed by atoms with Gasteiger partial charge in [0.25, 0.3) is 0 Å². The van der Waals surface area contributed by atoms with E-state index in [1.807, 2.05) is 6.26 Å². The van der Waals surface area contributed by atoms with Crippen LogP contribution >= 0.6 is 0 Å². The van der Waals surface area contributed by atoms with Crippen LogP contribution in [0.1, 0.15) is 58.3 Å². The first-order valence-corrected chi connectivity index (χ1v) is 7.96. The summed E-state index contributed by atoms with van der Waals surface area (Å²) in [5, 5.41) is 3.50. The Morgan fingerprint density at radius 3 is 2.85 bits per heavy atom. The summed E-state index contributed by atoms with van der Waals surface area (Å²) in [5.74, 6) is 1.98. The summed E-state index contributed by atoms with van der Waals surface area (Å²) in [6, 6.07) is 2.20. The quantitative estimate of drug-likeness (QED) is 0.908. The first-order valence-electron chi connectivity index (χ1n) is 7.96. The maximum Gasteiger partial charge on any atom is 0.118 e. The Balaban J connectivity index is 1.83. The molecule has 0 aromatic carbocycles. The van der Waals surface area contributed by atoms with Gasteiger partial charge in [-0.25, -0.2) is 0 Å². The number of likely N-dealkylation sites (tertiary alicyclic amines) is 1. The molecule has 2 heterocycles. The van der Waals surface area contributed by atoms with Crippen molar-refractivity contribution >= 4 is 0 Å². The maximum atomic E-state index is 5.72. The van der Waals surface area contributed by atoms with Crippen LogP contribution < -0.4 is 5.32 Å². The second-order valence-electron chi connectivity index (χ2n) is 7.34. The lowest BCUT2D eigenvalue weighted by Crippen LogP contribution is -2.34. The van der Waals surface area contributed by atoms with Crippen LogP contribution in [0.2, 0.25) is 0 Å². The van der Waals surface area contributed by atoms with Gasteiger partial charge in [-0.3, -0.25) is 4.90 Å². The number of rotatable bonds is 4. The zero-order valence-corrected chi connectivity index (χ0v) is 13.5. The summed E-state index contributed by atoms with van der Waals surface area (Å²) in [5.41, 5.74) is 1.40. The molecule has 1 aliphatic heterocycles. The van der Waals surface area contributed by atoms with Gasteiger partial charge in [0.05, 0.1) is 12.8 Å². The van der Waals surface area contributed by atoms with Gasteiger partial charge in [-0.15, -0.1) is 0 Å². The van der Waals surface area contributed by atoms with Gasteiger partial charge in [0.15, 0.2) is 0 Å². The Morgan fingerprint density at radius 2 is 2.10 bits per heavy atom. The third-order valence-corrected chi connectivity index (χ3v) is 4.02. The lowest BCUT2D eigenvalue weighted by molar-refractivity contribution is 0.250. The lowest BCUT2D eigenvalue weighted by atomic mass is 10.0. The van der Waals surface area contributed by atoms with Crippen molar-refractivity contribution in [1.29, 1.82) is 0 Å². The van der Waals surface area contributed by atoms with E-state index < -0.39 is 0 Å². The SMILES string of the molecule is CC1CCCN(Cc2cc(CNC(C)(C)C)co2)CC1. The molecule has 20 heavy (non-hydrogen) atoms. The molecule has 0 aliphatic carbocycles. The third kappa shape index (κ3) is 5.29. The molecule has 1 unspecified atom stereocenters. The molecule has 2 rings (SSSR count). The van der Waals surface area contributed by atoms with Crippen molar-refractivity contribution < 1.29 is 4.42 Å². The molecule has 0 bridgehead atoms. The topological polar surface area (TPSA) is 28.4 Å². The summed E-state index contributed by atoms with van der Waals surface area (Å²) < 4.78 is 5.72. The summed E-state index contributed by atoms with van der Waals surface area (Å²) in [6.07, 6.45) is 5.91. The van der Waals surface area contributed by atoms with Crippen LogP contribution in [0, 0.1) is 5.92 Å². The fourth-order valence-electron chi connectivity index (χ4n) is 2.67. The summed E-state index contributed by atoms with van der Waals surface area (Å²) in [4.78, 5) is 2.53. The highest BCUT2D eigenvalue weighted by atomic mass is 16.3. The molecule has 1 saturated heterocycles. The molecule has 0 radical (unpaired) electrons. The van der Waals surface area contributed by atoms with E-state index in [9.17, 15) is 0 Å². The normalized spacial score (nSPS) is 21.9. The average molecular weight is 278 g/mol. The van der Waals surface area contributed by atoms with Gasteiger partial charge in [0, 0.05) is 17.6 Å². The van der Waals surface area contributed by atoms with E-state index >= 15 is 0 Å². The van der Waals surface area contributed by atoms with Gasteiger partial charge in [-0.05, 0) is 65.1 Å². The molecular formula is C17H30N2O. The molecule has 0 spiro atoms. The van der Waals surface area contributed by atoms with E-state index in [2.05, 4.69) is 44.0 Å². The van der Waals surface area contributed by atoms with Gasteiger partial charge in [0.1, 0.15) is 5.76 Å².